The van der Waals surface area contributed by atoms with Gasteiger partial charge in [-0.05, 0) is 24.6 Å². The van der Waals surface area contributed by atoms with Gasteiger partial charge in [0, 0.05) is 49.2 Å². The zero-order chi connectivity index (χ0) is 21.0. The number of hydrogen-bond acceptors (Lipinski definition) is 5. The van der Waals surface area contributed by atoms with Gasteiger partial charge in [-0.25, -0.2) is 13.6 Å². The van der Waals surface area contributed by atoms with Gasteiger partial charge in [-0.1, -0.05) is 0 Å². The van der Waals surface area contributed by atoms with Gasteiger partial charge in [0.05, 0.1) is 16.8 Å². The number of thiophene rings is 1. The standard InChI is InChI=1S/C20H17F2N5O2S/c1-24-3-5-25(6-4-24)20(29)26-10-14-18(13-8-15(21)16(22)9-17(13)26)23-27(19(14)28)12-2-7-30-11-12/h2,7-11H,3-6H2,1H3. The van der Waals surface area contributed by atoms with Crippen molar-refractivity contribution in [3.05, 3.63) is 57.1 Å². The molecule has 154 valence electrons. The Balaban J connectivity index is 1.76. The molecular weight excluding hydrogens is 412 g/mol. The third-order valence-corrected chi connectivity index (χ3v) is 6.09. The average molecular weight is 429 g/mol. The maximum Gasteiger partial charge on any atom is 0.328 e. The summed E-state index contributed by atoms with van der Waals surface area (Å²) in [7, 11) is 1.97. The van der Waals surface area contributed by atoms with Gasteiger partial charge in [0.25, 0.3) is 5.56 Å². The zero-order valence-corrected chi connectivity index (χ0v) is 16.8. The molecule has 0 unspecified atom stereocenters. The Hall–Kier alpha value is -3.11. The maximum absolute atomic E-state index is 14.1. The molecule has 1 amide bonds. The molecule has 0 spiro atoms. The van der Waals surface area contributed by atoms with E-state index in [2.05, 4.69) is 10.00 Å². The van der Waals surface area contributed by atoms with Crippen LogP contribution >= 0.6 is 11.3 Å². The Kier molecular flexibility index (Phi) is 4.40. The van der Waals surface area contributed by atoms with Crippen molar-refractivity contribution in [2.45, 2.75) is 0 Å². The van der Waals surface area contributed by atoms with Crippen LogP contribution in [0, 0.1) is 11.6 Å². The smallest absolute Gasteiger partial charge is 0.321 e. The molecule has 0 saturated carbocycles. The summed E-state index contributed by atoms with van der Waals surface area (Å²) in [6.07, 6.45) is 1.38. The van der Waals surface area contributed by atoms with Crippen LogP contribution in [0.4, 0.5) is 13.6 Å². The third kappa shape index (κ3) is 2.91. The number of hydrogen-bond donors (Lipinski definition) is 0. The van der Waals surface area contributed by atoms with Crippen LogP contribution in [0.25, 0.3) is 27.8 Å². The fourth-order valence-corrected chi connectivity index (χ4v) is 4.33. The number of rotatable bonds is 1. The minimum Gasteiger partial charge on any atom is -0.321 e. The molecule has 1 aromatic heterocycles. The highest BCUT2D eigenvalue weighted by molar-refractivity contribution is 7.08. The van der Waals surface area contributed by atoms with Crippen molar-refractivity contribution in [1.29, 1.82) is 0 Å². The Bertz CT molecular complexity index is 1290. The van der Waals surface area contributed by atoms with Crippen molar-refractivity contribution < 1.29 is 13.6 Å². The van der Waals surface area contributed by atoms with E-state index in [9.17, 15) is 18.4 Å². The van der Waals surface area contributed by atoms with E-state index >= 15 is 0 Å². The second kappa shape index (κ2) is 6.99. The van der Waals surface area contributed by atoms with E-state index in [4.69, 9.17) is 0 Å². The number of piperazine rings is 1. The fourth-order valence-electron chi connectivity index (χ4n) is 3.72. The van der Waals surface area contributed by atoms with Gasteiger partial charge in [0.1, 0.15) is 5.69 Å². The summed E-state index contributed by atoms with van der Waals surface area (Å²) >= 11 is 1.41. The lowest BCUT2D eigenvalue weighted by molar-refractivity contribution is 0.156. The van der Waals surface area contributed by atoms with Crippen LogP contribution in [0.2, 0.25) is 0 Å². The molecule has 0 bridgehead atoms. The summed E-state index contributed by atoms with van der Waals surface area (Å²) in [6.45, 7) is 2.42. The normalized spacial score (nSPS) is 15.4. The molecule has 1 saturated heterocycles. The highest BCUT2D eigenvalue weighted by atomic mass is 32.1. The molecular formula is C20H17F2N5O2S. The number of nitrogens with zero attached hydrogens (tertiary/aromatic N) is 5. The van der Waals surface area contributed by atoms with Gasteiger partial charge in [-0.15, -0.1) is 0 Å². The number of pyridine rings is 1. The van der Waals surface area contributed by atoms with Crippen LogP contribution in [0.3, 0.4) is 0 Å². The predicted octanol–water partition coefficient (Wildman–Crippen LogP) is 2.85. The topological polar surface area (TPSA) is 63.4 Å². The molecule has 30 heavy (non-hydrogen) atoms. The van der Waals surface area contributed by atoms with Gasteiger partial charge in [-0.2, -0.15) is 21.1 Å². The third-order valence-electron chi connectivity index (χ3n) is 5.42. The van der Waals surface area contributed by atoms with Crippen LogP contribution < -0.4 is 5.56 Å². The molecule has 10 heteroatoms. The van der Waals surface area contributed by atoms with E-state index in [0.717, 1.165) is 12.1 Å². The lowest BCUT2D eigenvalue weighted by Crippen LogP contribution is -2.48. The second-order valence-electron chi connectivity index (χ2n) is 7.32. The van der Waals surface area contributed by atoms with Crippen LogP contribution in [0.15, 0.2) is 40.0 Å². The summed E-state index contributed by atoms with van der Waals surface area (Å²) in [4.78, 5) is 30.0. The molecule has 5 rings (SSSR count). The lowest BCUT2D eigenvalue weighted by atomic mass is 10.1. The monoisotopic (exact) mass is 429 g/mol. The summed E-state index contributed by atoms with van der Waals surface area (Å²) < 4.78 is 30.6. The summed E-state index contributed by atoms with van der Waals surface area (Å²) in [5.74, 6) is -2.13. The number of aromatic nitrogens is 3. The predicted molar refractivity (Wildman–Crippen MR) is 110 cm³/mol. The van der Waals surface area contributed by atoms with E-state index in [1.54, 1.807) is 16.3 Å². The number of halogens is 2. The molecule has 1 fully saturated rings. The molecule has 1 aromatic carbocycles. The SMILES string of the molecule is CN1CCN(C(=O)n2cc3c(=O)n(-c4ccsc4)nc-3c3cc(F)c(F)cc32)CC1. The zero-order valence-electron chi connectivity index (χ0n) is 16.0. The van der Waals surface area contributed by atoms with Crippen LogP contribution in [-0.2, 0) is 0 Å². The van der Waals surface area contributed by atoms with E-state index in [1.807, 2.05) is 12.4 Å². The molecule has 0 N–H and O–H groups in total. The molecule has 3 aliphatic heterocycles. The number of carbonyl (C=O) groups is 1. The number of likely N-dealkylation sites (N-methyl/N-ethyl adjacent to an activating group) is 1. The minimum absolute atomic E-state index is 0.167. The van der Waals surface area contributed by atoms with E-state index in [-0.39, 0.29) is 28.2 Å². The first-order valence-electron chi connectivity index (χ1n) is 9.37. The first kappa shape index (κ1) is 18.9. The highest BCUT2D eigenvalue weighted by Crippen LogP contribution is 2.30. The molecule has 0 atom stereocenters. The Morgan fingerprint density at radius 2 is 1.87 bits per heavy atom. The van der Waals surface area contributed by atoms with Gasteiger partial charge >= 0.3 is 6.03 Å². The van der Waals surface area contributed by atoms with Crippen LogP contribution in [0.1, 0.15) is 0 Å². The lowest BCUT2D eigenvalue weighted by Gasteiger charge is -2.33. The minimum atomic E-state index is -1.07. The Morgan fingerprint density at radius 3 is 2.57 bits per heavy atom. The number of benzene rings is 1. The number of fused-ring (bicyclic) bond motifs is 3. The second-order valence-corrected chi connectivity index (χ2v) is 8.10. The van der Waals surface area contributed by atoms with Crippen molar-refractivity contribution >= 4 is 28.3 Å². The van der Waals surface area contributed by atoms with E-state index in [0.29, 0.717) is 31.9 Å². The maximum atomic E-state index is 14.1. The quantitative estimate of drug-likeness (QED) is 0.467. The molecule has 0 radical (unpaired) electrons. The van der Waals surface area contributed by atoms with Crippen molar-refractivity contribution in [3.8, 4) is 16.9 Å². The molecule has 2 aromatic rings. The summed E-state index contributed by atoms with van der Waals surface area (Å²) in [6, 6.07) is 3.32. The molecule has 3 aliphatic rings. The molecule has 7 nitrogen and oxygen atoms in total. The van der Waals surface area contributed by atoms with Gasteiger partial charge in [0.15, 0.2) is 11.6 Å². The number of carbonyl (C=O) groups excluding carboxylic acids is 1. The fraction of sp³-hybridized carbons (Fsp3) is 0.250. The average Bonchev–Trinajstić information content (AvgIpc) is 3.37. The van der Waals surface area contributed by atoms with Crippen LogP contribution in [-0.4, -0.2) is 63.4 Å². The summed E-state index contributed by atoms with van der Waals surface area (Å²) in [5, 5.41) is 8.14. The first-order valence-corrected chi connectivity index (χ1v) is 10.3. The Morgan fingerprint density at radius 1 is 1.13 bits per heavy atom. The van der Waals surface area contributed by atoms with E-state index in [1.165, 1.54) is 26.8 Å². The van der Waals surface area contributed by atoms with Gasteiger partial charge in [0.2, 0.25) is 0 Å². The van der Waals surface area contributed by atoms with Crippen molar-refractivity contribution in [3.63, 3.8) is 0 Å². The Labute approximate surface area is 173 Å². The van der Waals surface area contributed by atoms with Gasteiger partial charge in [-0.3, -0.25) is 9.36 Å². The van der Waals surface area contributed by atoms with Crippen molar-refractivity contribution in [1.82, 2.24) is 24.1 Å². The first-order chi connectivity index (χ1) is 14.4. The molecule has 4 heterocycles. The molecule has 0 aliphatic carbocycles. The van der Waals surface area contributed by atoms with Gasteiger partial charge < -0.3 is 9.80 Å². The van der Waals surface area contributed by atoms with Crippen molar-refractivity contribution in [2.24, 2.45) is 0 Å². The number of amides is 1. The van der Waals surface area contributed by atoms with Crippen molar-refractivity contribution in [2.75, 3.05) is 33.2 Å². The highest BCUT2D eigenvalue weighted by Gasteiger charge is 2.27. The summed E-state index contributed by atoms with van der Waals surface area (Å²) in [5.41, 5.74) is 0.717. The largest absolute Gasteiger partial charge is 0.328 e. The van der Waals surface area contributed by atoms with E-state index < -0.39 is 17.2 Å². The van der Waals surface area contributed by atoms with Crippen LogP contribution in [0.5, 0.6) is 0 Å².